The number of rotatable bonds is 0. The van der Waals surface area contributed by atoms with Gasteiger partial charge in [0.2, 0.25) is 0 Å². The topological polar surface area (TPSA) is 20.2 Å². The number of hydrogen-bond acceptors (Lipinski definition) is 1. The van der Waals surface area contributed by atoms with Crippen molar-refractivity contribution >= 4 is 0 Å². The first-order chi connectivity index (χ1) is 1.00. The molecular formula is C2H7OZr-. The third kappa shape index (κ3) is 13.6. The minimum Gasteiger partial charge on any atom is -0.400 e. The van der Waals surface area contributed by atoms with Crippen LogP contribution >= 0.6 is 0 Å². The van der Waals surface area contributed by atoms with Crippen molar-refractivity contribution in [3.05, 3.63) is 7.43 Å². The molecule has 0 atom stereocenters. The summed E-state index contributed by atoms with van der Waals surface area (Å²) in [6.07, 6.45) is 0. The van der Waals surface area contributed by atoms with E-state index in [1.807, 2.05) is 0 Å². The quantitative estimate of drug-likeness (QED) is 0.469. The van der Waals surface area contributed by atoms with Crippen molar-refractivity contribution in [3.8, 4) is 0 Å². The first-order valence-corrected chi connectivity index (χ1v) is 0.447. The van der Waals surface area contributed by atoms with E-state index in [4.69, 9.17) is 5.11 Å². The maximum absolute atomic E-state index is 7.00. The third-order valence-electron chi connectivity index (χ3n) is 0. The standard InChI is InChI=1S/CH4O.CH3.Zr/c1-2;;/h2H,1H3;1H3;/q;-1;. The molecule has 0 radical (unpaired) electrons. The Hall–Kier alpha value is 0.843. The zero-order valence-electron chi connectivity index (χ0n) is 2.95. The van der Waals surface area contributed by atoms with Crippen LogP contribution in [-0.4, -0.2) is 12.2 Å². The Balaban J connectivity index is -0.00000000500. The summed E-state index contributed by atoms with van der Waals surface area (Å²) in [7, 11) is 1.00. The molecule has 0 spiro atoms. The normalized spacial score (nSPS) is 1.50. The SMILES string of the molecule is CO.[CH3-].[Zr]. The zero-order valence-corrected chi connectivity index (χ0v) is 5.41. The van der Waals surface area contributed by atoms with Crippen molar-refractivity contribution < 1.29 is 31.3 Å². The Morgan fingerprint density at radius 1 is 1.25 bits per heavy atom. The van der Waals surface area contributed by atoms with Gasteiger partial charge in [0.05, 0.1) is 0 Å². The fourth-order valence-corrected chi connectivity index (χ4v) is 0. The summed E-state index contributed by atoms with van der Waals surface area (Å²) >= 11 is 0. The Bertz CT molecular complexity index is 6.00. The van der Waals surface area contributed by atoms with Crippen LogP contribution in [0.3, 0.4) is 0 Å². The third-order valence-corrected chi connectivity index (χ3v) is 0. The summed E-state index contributed by atoms with van der Waals surface area (Å²) in [5.74, 6) is 0. The van der Waals surface area contributed by atoms with E-state index in [0.717, 1.165) is 7.11 Å². The fraction of sp³-hybridized carbons (Fsp3) is 0.500. The molecular weight excluding hydrogens is 131 g/mol. The van der Waals surface area contributed by atoms with Crippen molar-refractivity contribution in [2.45, 2.75) is 0 Å². The molecule has 0 saturated carbocycles. The van der Waals surface area contributed by atoms with Gasteiger partial charge in [-0.3, -0.25) is 0 Å². The van der Waals surface area contributed by atoms with Crippen molar-refractivity contribution in [2.75, 3.05) is 7.11 Å². The van der Waals surface area contributed by atoms with Gasteiger partial charge in [-0.25, -0.2) is 0 Å². The van der Waals surface area contributed by atoms with Gasteiger partial charge in [-0.15, -0.1) is 0 Å². The van der Waals surface area contributed by atoms with Gasteiger partial charge in [-0.1, -0.05) is 0 Å². The number of hydrogen-bond donors (Lipinski definition) is 1. The second kappa shape index (κ2) is 43.7. The van der Waals surface area contributed by atoms with Crippen molar-refractivity contribution in [3.63, 3.8) is 0 Å². The summed E-state index contributed by atoms with van der Waals surface area (Å²) in [4.78, 5) is 0. The van der Waals surface area contributed by atoms with Crippen LogP contribution in [-0.2, 0) is 26.2 Å². The van der Waals surface area contributed by atoms with Gasteiger partial charge >= 0.3 is 0 Å². The van der Waals surface area contributed by atoms with E-state index in [0.29, 0.717) is 0 Å². The van der Waals surface area contributed by atoms with Crippen LogP contribution in [0.15, 0.2) is 0 Å². The van der Waals surface area contributed by atoms with Gasteiger partial charge in [0.15, 0.2) is 0 Å². The molecule has 0 aromatic heterocycles. The largest absolute Gasteiger partial charge is 0.400 e. The summed E-state index contributed by atoms with van der Waals surface area (Å²) in [5, 5.41) is 7.00. The minimum absolute atomic E-state index is 0. The fourth-order valence-electron chi connectivity index (χ4n) is 0. The van der Waals surface area contributed by atoms with Gasteiger partial charge < -0.3 is 12.5 Å². The van der Waals surface area contributed by atoms with Gasteiger partial charge in [-0.05, 0) is 0 Å². The Labute approximate surface area is 46.2 Å². The molecule has 0 aliphatic carbocycles. The maximum atomic E-state index is 7.00. The van der Waals surface area contributed by atoms with Crippen LogP contribution in [0, 0.1) is 7.43 Å². The molecule has 0 rings (SSSR count). The van der Waals surface area contributed by atoms with E-state index in [-0.39, 0.29) is 33.6 Å². The molecule has 0 amide bonds. The monoisotopic (exact) mass is 137 g/mol. The summed E-state index contributed by atoms with van der Waals surface area (Å²) in [5.41, 5.74) is 0. The zero-order chi connectivity index (χ0) is 2.00. The molecule has 0 aliphatic heterocycles. The summed E-state index contributed by atoms with van der Waals surface area (Å²) in [6.45, 7) is 0. The number of aliphatic hydroxyl groups excluding tert-OH is 1. The first kappa shape index (κ1) is 21.1. The van der Waals surface area contributed by atoms with Gasteiger partial charge in [0.25, 0.3) is 0 Å². The van der Waals surface area contributed by atoms with Crippen LogP contribution < -0.4 is 0 Å². The van der Waals surface area contributed by atoms with Crippen LogP contribution in [0.25, 0.3) is 0 Å². The number of aliphatic hydroxyl groups is 1. The predicted molar refractivity (Wildman–Crippen MR) is 14.6 cm³/mol. The molecule has 0 aromatic carbocycles. The molecule has 0 unspecified atom stereocenters. The molecule has 0 heterocycles. The second-order valence-electron chi connectivity index (χ2n) is 0. The van der Waals surface area contributed by atoms with Crippen LogP contribution in [0.5, 0.6) is 0 Å². The van der Waals surface area contributed by atoms with E-state index in [9.17, 15) is 0 Å². The van der Waals surface area contributed by atoms with Crippen LogP contribution in [0.4, 0.5) is 0 Å². The molecule has 0 aromatic rings. The van der Waals surface area contributed by atoms with E-state index >= 15 is 0 Å². The second-order valence-corrected chi connectivity index (χ2v) is 0. The molecule has 2 heteroatoms. The Kier molecular flexibility index (Phi) is 230. The van der Waals surface area contributed by atoms with E-state index < -0.39 is 0 Å². The Morgan fingerprint density at radius 2 is 1.25 bits per heavy atom. The first-order valence-electron chi connectivity index (χ1n) is 0.447. The predicted octanol–water partition coefficient (Wildman–Crippen LogP) is 0.0563. The minimum atomic E-state index is 0. The molecule has 4 heavy (non-hydrogen) atoms. The van der Waals surface area contributed by atoms with Crippen molar-refractivity contribution in [1.82, 2.24) is 0 Å². The summed E-state index contributed by atoms with van der Waals surface area (Å²) < 4.78 is 0. The summed E-state index contributed by atoms with van der Waals surface area (Å²) in [6, 6.07) is 0. The molecule has 1 N–H and O–H groups in total. The van der Waals surface area contributed by atoms with Crippen molar-refractivity contribution in [2.24, 2.45) is 0 Å². The molecule has 26 valence electrons. The smallest absolute Gasteiger partial charge is 0.0319 e. The molecule has 0 aliphatic rings. The van der Waals surface area contributed by atoms with Crippen LogP contribution in [0.1, 0.15) is 0 Å². The molecule has 0 bridgehead atoms. The van der Waals surface area contributed by atoms with E-state index in [2.05, 4.69) is 0 Å². The van der Waals surface area contributed by atoms with E-state index in [1.165, 1.54) is 0 Å². The Morgan fingerprint density at radius 3 is 1.25 bits per heavy atom. The van der Waals surface area contributed by atoms with Crippen molar-refractivity contribution in [1.29, 1.82) is 0 Å². The maximum Gasteiger partial charge on any atom is 0.0319 e. The average molecular weight is 138 g/mol. The van der Waals surface area contributed by atoms with Gasteiger partial charge in [-0.2, -0.15) is 0 Å². The van der Waals surface area contributed by atoms with Crippen LogP contribution in [0.2, 0.25) is 0 Å². The van der Waals surface area contributed by atoms with Gasteiger partial charge in [0.1, 0.15) is 0 Å². The molecule has 1 nitrogen and oxygen atoms in total. The molecule has 0 saturated heterocycles. The average Bonchev–Trinajstić information content (AvgIpc) is 1.00. The van der Waals surface area contributed by atoms with Gasteiger partial charge in [0, 0.05) is 33.3 Å². The molecule has 0 fully saturated rings. The van der Waals surface area contributed by atoms with E-state index in [1.54, 1.807) is 0 Å².